The maximum Gasteiger partial charge on any atom is 0.407 e. The van der Waals surface area contributed by atoms with Gasteiger partial charge in [-0.2, -0.15) is 0 Å². The lowest BCUT2D eigenvalue weighted by molar-refractivity contribution is 0.0528. The van der Waals surface area contributed by atoms with E-state index in [1.807, 2.05) is 32.9 Å². The maximum atomic E-state index is 11.5. The lowest BCUT2D eigenvalue weighted by Crippen LogP contribution is -2.33. The van der Waals surface area contributed by atoms with Gasteiger partial charge < -0.3 is 14.8 Å². The van der Waals surface area contributed by atoms with E-state index in [-0.39, 0.29) is 5.78 Å². The summed E-state index contributed by atoms with van der Waals surface area (Å²) >= 11 is 0. The van der Waals surface area contributed by atoms with Crippen molar-refractivity contribution < 1.29 is 19.1 Å². The monoisotopic (exact) mass is 293 g/mol. The van der Waals surface area contributed by atoms with Crippen molar-refractivity contribution in [1.29, 1.82) is 0 Å². The number of hydrogen-bond donors (Lipinski definition) is 1. The molecule has 0 atom stereocenters. The third-order valence-corrected chi connectivity index (χ3v) is 2.69. The summed E-state index contributed by atoms with van der Waals surface area (Å²) < 4.78 is 10.3. The molecule has 0 bridgehead atoms. The fourth-order valence-corrected chi connectivity index (χ4v) is 1.75. The molecule has 0 saturated heterocycles. The van der Waals surface area contributed by atoms with Crippen molar-refractivity contribution in [3.8, 4) is 5.75 Å². The van der Waals surface area contributed by atoms with Crippen LogP contribution in [0.25, 0.3) is 0 Å². The van der Waals surface area contributed by atoms with E-state index in [0.717, 1.165) is 5.56 Å². The molecule has 0 radical (unpaired) electrons. The van der Waals surface area contributed by atoms with Gasteiger partial charge in [-0.3, -0.25) is 4.79 Å². The van der Waals surface area contributed by atoms with Gasteiger partial charge in [-0.1, -0.05) is 0 Å². The number of amides is 1. The van der Waals surface area contributed by atoms with Gasteiger partial charge in [0, 0.05) is 12.1 Å². The van der Waals surface area contributed by atoms with Crippen molar-refractivity contribution >= 4 is 11.9 Å². The summed E-state index contributed by atoms with van der Waals surface area (Å²) in [6, 6.07) is 5.36. The minimum Gasteiger partial charge on any atom is -0.497 e. The number of carbonyl (C=O) groups excluding carboxylic acids is 2. The standard InChI is InChI=1S/C16H23NO4/c1-11(18)13-8-12(9-14(10-13)20-5)6-7-17-15(19)21-16(2,3)4/h8-10H,6-7H2,1-5H3,(H,17,19). The Bertz CT molecular complexity index is 517. The first-order chi connectivity index (χ1) is 9.71. The topological polar surface area (TPSA) is 64.6 Å². The van der Waals surface area contributed by atoms with Crippen LogP contribution >= 0.6 is 0 Å². The average molecular weight is 293 g/mol. The van der Waals surface area contributed by atoms with Gasteiger partial charge in [0.05, 0.1) is 7.11 Å². The van der Waals surface area contributed by atoms with Gasteiger partial charge in [-0.15, -0.1) is 0 Å². The fraction of sp³-hybridized carbons (Fsp3) is 0.500. The molecule has 1 N–H and O–H groups in total. The molecular formula is C16H23NO4. The number of hydrogen-bond acceptors (Lipinski definition) is 4. The number of rotatable bonds is 5. The minimum atomic E-state index is -0.512. The summed E-state index contributed by atoms with van der Waals surface area (Å²) in [4.78, 5) is 23.0. The molecule has 0 fully saturated rings. The van der Waals surface area contributed by atoms with Gasteiger partial charge in [0.2, 0.25) is 0 Å². The van der Waals surface area contributed by atoms with Gasteiger partial charge in [0.15, 0.2) is 5.78 Å². The number of carbonyl (C=O) groups is 2. The normalized spacial score (nSPS) is 10.9. The molecule has 5 nitrogen and oxygen atoms in total. The van der Waals surface area contributed by atoms with E-state index < -0.39 is 11.7 Å². The van der Waals surface area contributed by atoms with Crippen LogP contribution in [0.2, 0.25) is 0 Å². The zero-order valence-electron chi connectivity index (χ0n) is 13.3. The first-order valence-electron chi connectivity index (χ1n) is 6.87. The summed E-state index contributed by atoms with van der Waals surface area (Å²) in [5.74, 6) is 0.616. The molecule has 1 amide bonds. The SMILES string of the molecule is COc1cc(CCNC(=O)OC(C)(C)C)cc(C(C)=O)c1. The smallest absolute Gasteiger partial charge is 0.407 e. The summed E-state index contributed by atoms with van der Waals surface area (Å²) in [7, 11) is 1.56. The van der Waals surface area contributed by atoms with E-state index in [1.165, 1.54) is 6.92 Å². The van der Waals surface area contributed by atoms with E-state index in [0.29, 0.717) is 24.3 Å². The van der Waals surface area contributed by atoms with Crippen LogP contribution in [-0.4, -0.2) is 31.1 Å². The largest absolute Gasteiger partial charge is 0.497 e. The quantitative estimate of drug-likeness (QED) is 0.848. The third-order valence-electron chi connectivity index (χ3n) is 2.69. The van der Waals surface area contributed by atoms with Crippen molar-refractivity contribution in [3.05, 3.63) is 29.3 Å². The average Bonchev–Trinajstić information content (AvgIpc) is 2.36. The highest BCUT2D eigenvalue weighted by atomic mass is 16.6. The van der Waals surface area contributed by atoms with Crippen molar-refractivity contribution in [2.75, 3.05) is 13.7 Å². The molecule has 116 valence electrons. The van der Waals surface area contributed by atoms with Gasteiger partial charge in [0.1, 0.15) is 11.4 Å². The Labute approximate surface area is 125 Å². The summed E-state index contributed by atoms with van der Waals surface area (Å²) in [5.41, 5.74) is 1.01. The molecule has 0 heterocycles. The van der Waals surface area contributed by atoms with Crippen LogP contribution in [0.3, 0.4) is 0 Å². The van der Waals surface area contributed by atoms with Crippen LogP contribution < -0.4 is 10.1 Å². The molecule has 5 heteroatoms. The zero-order valence-corrected chi connectivity index (χ0v) is 13.3. The molecular weight excluding hydrogens is 270 g/mol. The summed E-state index contributed by atoms with van der Waals surface area (Å²) in [6.45, 7) is 7.38. The molecule has 21 heavy (non-hydrogen) atoms. The minimum absolute atomic E-state index is 0.0183. The lowest BCUT2D eigenvalue weighted by atomic mass is 10.1. The van der Waals surface area contributed by atoms with Crippen molar-refractivity contribution in [3.63, 3.8) is 0 Å². The Morgan fingerprint density at radius 2 is 1.86 bits per heavy atom. The highest BCUT2D eigenvalue weighted by molar-refractivity contribution is 5.94. The Morgan fingerprint density at radius 3 is 2.38 bits per heavy atom. The predicted octanol–water partition coefficient (Wildman–Crippen LogP) is 2.97. The molecule has 0 aromatic heterocycles. The second-order valence-corrected chi connectivity index (χ2v) is 5.80. The van der Waals surface area contributed by atoms with E-state index in [4.69, 9.17) is 9.47 Å². The number of methoxy groups -OCH3 is 1. The third kappa shape index (κ3) is 6.29. The van der Waals surface area contributed by atoms with Crippen LogP contribution in [0.5, 0.6) is 5.75 Å². The second kappa shape index (κ2) is 7.11. The van der Waals surface area contributed by atoms with Crippen molar-refractivity contribution in [1.82, 2.24) is 5.32 Å². The molecule has 0 aliphatic heterocycles. The number of Topliss-reactive ketones (excluding diaryl/α,β-unsaturated/α-hetero) is 1. The molecule has 0 spiro atoms. The Kier molecular flexibility index (Phi) is 5.76. The molecule has 1 aromatic carbocycles. The van der Waals surface area contributed by atoms with Crippen molar-refractivity contribution in [2.24, 2.45) is 0 Å². The van der Waals surface area contributed by atoms with E-state index in [2.05, 4.69) is 5.32 Å². The van der Waals surface area contributed by atoms with Gasteiger partial charge in [-0.05, 0) is 57.9 Å². The Morgan fingerprint density at radius 1 is 1.19 bits per heavy atom. The maximum absolute atomic E-state index is 11.5. The predicted molar refractivity (Wildman–Crippen MR) is 80.9 cm³/mol. The Balaban J connectivity index is 2.61. The second-order valence-electron chi connectivity index (χ2n) is 5.80. The molecule has 0 saturated carbocycles. The van der Waals surface area contributed by atoms with Crippen LogP contribution in [0.4, 0.5) is 4.79 Å². The van der Waals surface area contributed by atoms with Gasteiger partial charge in [-0.25, -0.2) is 4.79 Å². The molecule has 1 aromatic rings. The number of alkyl carbamates (subject to hydrolysis) is 1. The van der Waals surface area contributed by atoms with E-state index in [9.17, 15) is 9.59 Å². The number of nitrogens with one attached hydrogen (secondary N) is 1. The molecule has 0 aliphatic carbocycles. The lowest BCUT2D eigenvalue weighted by Gasteiger charge is -2.19. The molecule has 1 rings (SSSR count). The van der Waals surface area contributed by atoms with Gasteiger partial charge >= 0.3 is 6.09 Å². The number of ether oxygens (including phenoxy) is 2. The molecule has 0 unspecified atom stereocenters. The van der Waals surface area contributed by atoms with Crippen LogP contribution in [0, 0.1) is 0 Å². The first kappa shape index (κ1) is 17.0. The first-order valence-corrected chi connectivity index (χ1v) is 6.87. The van der Waals surface area contributed by atoms with Crippen molar-refractivity contribution in [2.45, 2.75) is 39.7 Å². The summed E-state index contributed by atoms with van der Waals surface area (Å²) in [6.07, 6.45) is 0.147. The molecule has 0 aliphatic rings. The van der Waals surface area contributed by atoms with E-state index in [1.54, 1.807) is 13.2 Å². The van der Waals surface area contributed by atoms with Gasteiger partial charge in [0.25, 0.3) is 0 Å². The fourth-order valence-electron chi connectivity index (χ4n) is 1.75. The zero-order chi connectivity index (χ0) is 16.0. The highest BCUT2D eigenvalue weighted by Crippen LogP contribution is 2.18. The van der Waals surface area contributed by atoms with Crippen LogP contribution in [0.1, 0.15) is 43.6 Å². The van der Waals surface area contributed by atoms with Crippen LogP contribution in [0.15, 0.2) is 18.2 Å². The van der Waals surface area contributed by atoms with E-state index >= 15 is 0 Å². The number of ketones is 1. The number of benzene rings is 1. The van der Waals surface area contributed by atoms with Crippen LogP contribution in [-0.2, 0) is 11.2 Å². The Hall–Kier alpha value is -2.04. The summed E-state index contributed by atoms with van der Waals surface area (Å²) in [5, 5.41) is 2.69. The highest BCUT2D eigenvalue weighted by Gasteiger charge is 2.15.